The van der Waals surface area contributed by atoms with E-state index >= 15 is 0 Å². The van der Waals surface area contributed by atoms with E-state index in [0.717, 1.165) is 18.9 Å². The Morgan fingerprint density at radius 1 is 1.40 bits per heavy atom. The number of aliphatic carboxylic acids is 1. The van der Waals surface area contributed by atoms with E-state index in [1.165, 1.54) is 4.90 Å². The third-order valence-electron chi connectivity index (χ3n) is 4.06. The van der Waals surface area contributed by atoms with Gasteiger partial charge in [-0.2, -0.15) is 0 Å². The van der Waals surface area contributed by atoms with Crippen molar-refractivity contribution >= 4 is 23.5 Å². The average Bonchev–Trinajstić information content (AvgIpc) is 2.54. The summed E-state index contributed by atoms with van der Waals surface area (Å²) in [5.74, 6) is -0.714. The van der Waals surface area contributed by atoms with Gasteiger partial charge in [-0.25, -0.2) is 9.78 Å². The van der Waals surface area contributed by atoms with Gasteiger partial charge in [0.1, 0.15) is 5.82 Å². The van der Waals surface area contributed by atoms with Gasteiger partial charge in [-0.15, -0.1) is 0 Å². The first kappa shape index (κ1) is 19.0. The van der Waals surface area contributed by atoms with Crippen LogP contribution < -0.4 is 10.2 Å². The number of hydrogen-bond donors (Lipinski definition) is 2. The van der Waals surface area contributed by atoms with Gasteiger partial charge in [0.25, 0.3) is 0 Å². The second-order valence-corrected chi connectivity index (χ2v) is 6.62. The number of amides is 2. The van der Waals surface area contributed by atoms with Crippen LogP contribution in [0.3, 0.4) is 0 Å². The van der Waals surface area contributed by atoms with E-state index in [9.17, 15) is 9.59 Å². The molecule has 3 unspecified atom stereocenters. The minimum atomic E-state index is -0.931. The van der Waals surface area contributed by atoms with E-state index in [-0.39, 0.29) is 24.8 Å². The Morgan fingerprint density at radius 2 is 2.04 bits per heavy atom. The highest BCUT2D eigenvalue weighted by atomic mass is 16.5. The van der Waals surface area contributed by atoms with Crippen LogP contribution in [0.25, 0.3) is 0 Å². The van der Waals surface area contributed by atoms with E-state index in [1.54, 1.807) is 26.2 Å². The standard InChI is InChI=1S/C17H26N4O4/c1-11(16(22)23)8-20(4)17(24)19-14-5-6-15(18-7-14)21-9-12(2)25-13(3)10-21/h5-7,11-13H,8-10H2,1-4H3,(H,19,24)(H,22,23). The molecule has 1 aromatic heterocycles. The third-order valence-corrected chi connectivity index (χ3v) is 4.06. The molecule has 138 valence electrons. The predicted octanol–water partition coefficient (Wildman–Crippen LogP) is 1.88. The Hall–Kier alpha value is -2.35. The lowest BCUT2D eigenvalue weighted by molar-refractivity contribution is -0.141. The molecule has 0 bridgehead atoms. The Labute approximate surface area is 147 Å². The summed E-state index contributed by atoms with van der Waals surface area (Å²) in [6.45, 7) is 7.32. The first-order valence-electron chi connectivity index (χ1n) is 8.37. The summed E-state index contributed by atoms with van der Waals surface area (Å²) in [5.41, 5.74) is 0.568. The zero-order valence-corrected chi connectivity index (χ0v) is 15.1. The van der Waals surface area contributed by atoms with Crippen LogP contribution in [0.4, 0.5) is 16.3 Å². The van der Waals surface area contributed by atoms with Gasteiger partial charge >= 0.3 is 12.0 Å². The highest BCUT2D eigenvalue weighted by Gasteiger charge is 2.23. The summed E-state index contributed by atoms with van der Waals surface area (Å²) in [6, 6.07) is 3.29. The lowest BCUT2D eigenvalue weighted by Gasteiger charge is -2.36. The topological polar surface area (TPSA) is 95.0 Å². The largest absolute Gasteiger partial charge is 0.481 e. The Balaban J connectivity index is 1.93. The SMILES string of the molecule is CC1CN(c2ccc(NC(=O)N(C)CC(C)C(=O)O)cn2)CC(C)O1. The van der Waals surface area contributed by atoms with E-state index < -0.39 is 11.9 Å². The molecule has 0 aromatic carbocycles. The molecule has 2 amide bonds. The number of hydrogen-bond acceptors (Lipinski definition) is 5. The molecule has 0 radical (unpaired) electrons. The molecule has 0 aliphatic carbocycles. The first-order chi connectivity index (χ1) is 11.8. The summed E-state index contributed by atoms with van der Waals surface area (Å²) in [4.78, 5) is 30.9. The fourth-order valence-corrected chi connectivity index (χ4v) is 2.80. The minimum Gasteiger partial charge on any atom is -0.481 e. The average molecular weight is 350 g/mol. The van der Waals surface area contributed by atoms with E-state index in [1.807, 2.05) is 19.9 Å². The molecule has 3 atom stereocenters. The van der Waals surface area contributed by atoms with Crippen molar-refractivity contribution < 1.29 is 19.4 Å². The zero-order valence-electron chi connectivity index (χ0n) is 15.1. The van der Waals surface area contributed by atoms with Crippen molar-refractivity contribution in [2.24, 2.45) is 5.92 Å². The summed E-state index contributed by atoms with van der Waals surface area (Å²) >= 11 is 0. The molecular weight excluding hydrogens is 324 g/mol. The Bertz CT molecular complexity index is 597. The molecule has 2 heterocycles. The summed E-state index contributed by atoms with van der Waals surface area (Å²) in [5, 5.41) is 11.6. The number of carbonyl (C=O) groups is 2. The number of rotatable bonds is 5. The monoisotopic (exact) mass is 350 g/mol. The fourth-order valence-electron chi connectivity index (χ4n) is 2.80. The van der Waals surface area contributed by atoms with Crippen molar-refractivity contribution in [3.63, 3.8) is 0 Å². The number of carboxylic acids is 1. The van der Waals surface area contributed by atoms with Crippen molar-refractivity contribution in [3.05, 3.63) is 18.3 Å². The van der Waals surface area contributed by atoms with Crippen molar-refractivity contribution in [2.75, 3.05) is 36.9 Å². The molecule has 1 saturated heterocycles. The molecule has 25 heavy (non-hydrogen) atoms. The summed E-state index contributed by atoms with van der Waals surface area (Å²) < 4.78 is 5.72. The number of nitrogens with one attached hydrogen (secondary N) is 1. The Morgan fingerprint density at radius 3 is 2.56 bits per heavy atom. The van der Waals surface area contributed by atoms with Crippen LogP contribution in [-0.2, 0) is 9.53 Å². The van der Waals surface area contributed by atoms with Crippen molar-refractivity contribution in [3.8, 4) is 0 Å². The van der Waals surface area contributed by atoms with Gasteiger partial charge in [0.05, 0.1) is 30.0 Å². The second kappa shape index (κ2) is 8.15. The van der Waals surface area contributed by atoms with Crippen LogP contribution in [0.2, 0.25) is 0 Å². The highest BCUT2D eigenvalue weighted by Crippen LogP contribution is 2.19. The van der Waals surface area contributed by atoms with Crippen LogP contribution in [-0.4, -0.2) is 65.9 Å². The fraction of sp³-hybridized carbons (Fsp3) is 0.588. The second-order valence-electron chi connectivity index (χ2n) is 6.62. The van der Waals surface area contributed by atoms with E-state index in [4.69, 9.17) is 9.84 Å². The quantitative estimate of drug-likeness (QED) is 0.842. The van der Waals surface area contributed by atoms with Gasteiger partial charge in [0.2, 0.25) is 0 Å². The maximum atomic E-state index is 12.1. The summed E-state index contributed by atoms with van der Waals surface area (Å²) in [7, 11) is 1.56. The molecule has 1 aliphatic heterocycles. The van der Waals surface area contributed by atoms with Crippen LogP contribution >= 0.6 is 0 Å². The van der Waals surface area contributed by atoms with Gasteiger partial charge < -0.3 is 25.0 Å². The van der Waals surface area contributed by atoms with Gasteiger partial charge in [-0.1, -0.05) is 6.92 Å². The maximum Gasteiger partial charge on any atom is 0.321 e. The number of carbonyl (C=O) groups excluding carboxylic acids is 1. The van der Waals surface area contributed by atoms with Crippen molar-refractivity contribution in [1.82, 2.24) is 9.88 Å². The van der Waals surface area contributed by atoms with E-state index in [0.29, 0.717) is 5.69 Å². The Kier molecular flexibility index (Phi) is 6.19. The van der Waals surface area contributed by atoms with Crippen LogP contribution in [0.1, 0.15) is 20.8 Å². The van der Waals surface area contributed by atoms with Gasteiger partial charge in [-0.3, -0.25) is 4.79 Å². The minimum absolute atomic E-state index is 0.135. The lowest BCUT2D eigenvalue weighted by atomic mass is 10.2. The number of nitrogens with zero attached hydrogens (tertiary/aromatic N) is 3. The third kappa shape index (κ3) is 5.32. The number of urea groups is 1. The predicted molar refractivity (Wildman–Crippen MR) is 94.9 cm³/mol. The molecule has 1 aliphatic rings. The number of aromatic nitrogens is 1. The number of carboxylic acid groups (broad SMARTS) is 1. The molecule has 2 rings (SSSR count). The maximum absolute atomic E-state index is 12.1. The van der Waals surface area contributed by atoms with Crippen LogP contribution in [0, 0.1) is 5.92 Å². The normalized spacial score (nSPS) is 21.5. The molecule has 2 N–H and O–H groups in total. The lowest BCUT2D eigenvalue weighted by Crippen LogP contribution is -2.45. The number of ether oxygens (including phenoxy) is 1. The number of pyridine rings is 1. The molecule has 0 spiro atoms. The van der Waals surface area contributed by atoms with Gasteiger partial charge in [0.15, 0.2) is 0 Å². The van der Waals surface area contributed by atoms with Crippen LogP contribution in [0.15, 0.2) is 18.3 Å². The summed E-state index contributed by atoms with van der Waals surface area (Å²) in [6.07, 6.45) is 1.90. The molecule has 8 nitrogen and oxygen atoms in total. The van der Waals surface area contributed by atoms with Gasteiger partial charge in [0, 0.05) is 26.7 Å². The van der Waals surface area contributed by atoms with Gasteiger partial charge in [-0.05, 0) is 26.0 Å². The molecular formula is C17H26N4O4. The van der Waals surface area contributed by atoms with Crippen LogP contribution in [0.5, 0.6) is 0 Å². The molecule has 0 saturated carbocycles. The van der Waals surface area contributed by atoms with Crippen molar-refractivity contribution in [2.45, 2.75) is 33.0 Å². The number of morpholine rings is 1. The first-order valence-corrected chi connectivity index (χ1v) is 8.37. The molecule has 1 aromatic rings. The zero-order chi connectivity index (χ0) is 18.6. The highest BCUT2D eigenvalue weighted by molar-refractivity contribution is 5.89. The number of anilines is 2. The molecule has 8 heteroatoms. The van der Waals surface area contributed by atoms with E-state index in [2.05, 4.69) is 15.2 Å². The van der Waals surface area contributed by atoms with Crippen molar-refractivity contribution in [1.29, 1.82) is 0 Å². The smallest absolute Gasteiger partial charge is 0.321 e. The molecule has 1 fully saturated rings.